The number of nitrogens with zero attached hydrogens (tertiary/aromatic N) is 1. The lowest BCUT2D eigenvalue weighted by Crippen LogP contribution is -2.22. The van der Waals surface area contributed by atoms with Crippen LogP contribution in [0.15, 0.2) is 16.9 Å². The number of hydrogen-bond donors (Lipinski definition) is 2. The molecule has 0 aromatic heterocycles. The number of nitro groups is 1. The average Bonchev–Trinajstić information content (AvgIpc) is 2.31. The lowest BCUT2D eigenvalue weighted by atomic mass is 9.97. The molecule has 0 aromatic carbocycles. The van der Waals surface area contributed by atoms with Gasteiger partial charge in [0.1, 0.15) is 0 Å². The van der Waals surface area contributed by atoms with Crippen molar-refractivity contribution in [1.29, 1.82) is 0 Å². The van der Waals surface area contributed by atoms with Crippen molar-refractivity contribution in [1.82, 2.24) is 0 Å². The highest BCUT2D eigenvalue weighted by atomic mass is 16.6. The summed E-state index contributed by atoms with van der Waals surface area (Å²) in [5, 5.41) is 30.0. The quantitative estimate of drug-likeness (QED) is 0.383. The van der Waals surface area contributed by atoms with Crippen molar-refractivity contribution in [3.8, 4) is 0 Å². The molecule has 0 spiro atoms. The van der Waals surface area contributed by atoms with Gasteiger partial charge in [-0.25, -0.2) is 0 Å². The maximum absolute atomic E-state index is 10.2. The summed E-state index contributed by atoms with van der Waals surface area (Å²) >= 11 is 0. The molecular weight excluding hydrogens is 246 g/mol. The Morgan fingerprint density at radius 2 is 2.00 bits per heavy atom. The van der Waals surface area contributed by atoms with Crippen LogP contribution in [0.3, 0.4) is 0 Å². The molecule has 5 heteroatoms. The third-order valence-corrected chi connectivity index (χ3v) is 2.75. The van der Waals surface area contributed by atoms with Gasteiger partial charge in [-0.3, -0.25) is 10.1 Å². The molecule has 2 unspecified atom stereocenters. The second-order valence-corrected chi connectivity index (χ2v) is 5.00. The monoisotopic (exact) mass is 271 g/mol. The first-order valence-corrected chi connectivity index (χ1v) is 6.77. The predicted octanol–water partition coefficient (Wildman–Crippen LogP) is 2.45. The van der Waals surface area contributed by atoms with Gasteiger partial charge in [0.15, 0.2) is 0 Å². The SMILES string of the molecule is CCCCC(=C=C(C)C)C(O)CC(O)CC[N+](=O)[O-]. The van der Waals surface area contributed by atoms with Crippen molar-refractivity contribution < 1.29 is 15.1 Å². The normalized spacial score (nSPS) is 13.5. The van der Waals surface area contributed by atoms with Crippen LogP contribution in [0.1, 0.15) is 52.9 Å². The number of unbranched alkanes of at least 4 members (excludes halogenated alkanes) is 1. The molecule has 0 rings (SSSR count). The highest BCUT2D eigenvalue weighted by molar-refractivity contribution is 5.11. The second kappa shape index (κ2) is 9.73. The maximum atomic E-state index is 10.2. The Hall–Kier alpha value is -1.16. The van der Waals surface area contributed by atoms with E-state index in [0.29, 0.717) is 0 Å². The Bertz CT molecular complexity index is 341. The molecule has 0 aliphatic rings. The minimum atomic E-state index is -0.851. The summed E-state index contributed by atoms with van der Waals surface area (Å²) < 4.78 is 0. The van der Waals surface area contributed by atoms with E-state index in [2.05, 4.69) is 12.7 Å². The van der Waals surface area contributed by atoms with Gasteiger partial charge in [-0.05, 0) is 32.3 Å². The smallest absolute Gasteiger partial charge is 0.206 e. The van der Waals surface area contributed by atoms with Crippen molar-refractivity contribution in [3.05, 3.63) is 27.0 Å². The van der Waals surface area contributed by atoms with Crippen LogP contribution in [-0.2, 0) is 0 Å². The summed E-state index contributed by atoms with van der Waals surface area (Å²) in [6, 6.07) is 0. The number of aliphatic hydroxyl groups excluding tert-OH is 2. The van der Waals surface area contributed by atoms with Crippen molar-refractivity contribution in [2.45, 2.75) is 65.1 Å². The van der Waals surface area contributed by atoms with Crippen LogP contribution < -0.4 is 0 Å². The Balaban J connectivity index is 4.51. The van der Waals surface area contributed by atoms with E-state index in [1.54, 1.807) is 0 Å². The first-order chi connectivity index (χ1) is 8.86. The molecule has 0 bridgehead atoms. The standard InChI is InChI=1S/C14H25NO4/c1-4-5-6-12(9-11(2)3)14(17)10-13(16)7-8-15(18)19/h13-14,16-17H,4-8,10H2,1-3H3. The maximum Gasteiger partial charge on any atom is 0.206 e. The minimum absolute atomic E-state index is 0.0694. The molecule has 5 nitrogen and oxygen atoms in total. The number of rotatable bonds is 9. The third kappa shape index (κ3) is 9.42. The largest absolute Gasteiger partial charge is 0.393 e. The highest BCUT2D eigenvalue weighted by Gasteiger charge is 2.17. The molecule has 0 heterocycles. The molecular formula is C14H25NO4. The summed E-state index contributed by atoms with van der Waals surface area (Å²) in [4.78, 5) is 9.76. The summed E-state index contributed by atoms with van der Waals surface area (Å²) in [6.45, 7) is 5.60. The van der Waals surface area contributed by atoms with Crippen molar-refractivity contribution >= 4 is 0 Å². The van der Waals surface area contributed by atoms with Gasteiger partial charge >= 0.3 is 0 Å². The molecule has 2 atom stereocenters. The van der Waals surface area contributed by atoms with Crippen LogP contribution in [0.2, 0.25) is 0 Å². The van der Waals surface area contributed by atoms with E-state index in [4.69, 9.17) is 0 Å². The van der Waals surface area contributed by atoms with Gasteiger partial charge < -0.3 is 10.2 Å². The molecule has 0 aromatic rings. The molecule has 0 saturated heterocycles. The predicted molar refractivity (Wildman–Crippen MR) is 74.5 cm³/mol. The zero-order valence-electron chi connectivity index (χ0n) is 12.1. The Kier molecular flexibility index (Phi) is 9.13. The average molecular weight is 271 g/mol. The van der Waals surface area contributed by atoms with Crippen molar-refractivity contribution in [2.24, 2.45) is 0 Å². The van der Waals surface area contributed by atoms with E-state index in [-0.39, 0.29) is 19.4 Å². The molecule has 0 radical (unpaired) electrons. The van der Waals surface area contributed by atoms with Crippen LogP contribution in [0.5, 0.6) is 0 Å². The molecule has 0 aliphatic carbocycles. The Morgan fingerprint density at radius 1 is 1.37 bits per heavy atom. The molecule has 110 valence electrons. The van der Waals surface area contributed by atoms with Crippen molar-refractivity contribution in [2.75, 3.05) is 6.54 Å². The number of hydrogen-bond acceptors (Lipinski definition) is 4. The van der Waals surface area contributed by atoms with E-state index in [9.17, 15) is 20.3 Å². The topological polar surface area (TPSA) is 83.6 Å². The summed E-state index contributed by atoms with van der Waals surface area (Å²) in [7, 11) is 0. The first kappa shape index (κ1) is 17.8. The number of aliphatic hydroxyl groups is 2. The van der Waals surface area contributed by atoms with Crippen LogP contribution >= 0.6 is 0 Å². The summed E-state index contributed by atoms with van der Waals surface area (Å²) in [5.74, 6) is 0. The fraction of sp³-hybridized carbons (Fsp3) is 0.786. The van der Waals surface area contributed by atoms with Gasteiger partial charge in [-0.1, -0.05) is 13.3 Å². The van der Waals surface area contributed by atoms with E-state index in [1.807, 2.05) is 13.8 Å². The van der Waals surface area contributed by atoms with Gasteiger partial charge in [0.05, 0.1) is 12.2 Å². The molecule has 0 saturated carbocycles. The van der Waals surface area contributed by atoms with Gasteiger partial charge in [0, 0.05) is 23.3 Å². The summed E-state index contributed by atoms with van der Waals surface area (Å²) in [5.41, 5.74) is 4.88. The highest BCUT2D eigenvalue weighted by Crippen LogP contribution is 2.17. The first-order valence-electron chi connectivity index (χ1n) is 6.77. The van der Waals surface area contributed by atoms with Crippen LogP contribution in [0, 0.1) is 10.1 Å². The fourth-order valence-electron chi connectivity index (χ4n) is 1.77. The van der Waals surface area contributed by atoms with E-state index >= 15 is 0 Å². The summed E-state index contributed by atoms with van der Waals surface area (Å²) in [6.07, 6.45) is 1.29. The van der Waals surface area contributed by atoms with E-state index < -0.39 is 17.1 Å². The third-order valence-electron chi connectivity index (χ3n) is 2.75. The van der Waals surface area contributed by atoms with Crippen molar-refractivity contribution in [3.63, 3.8) is 0 Å². The second-order valence-electron chi connectivity index (χ2n) is 5.00. The fourth-order valence-corrected chi connectivity index (χ4v) is 1.77. The van der Waals surface area contributed by atoms with Gasteiger partial charge in [0.2, 0.25) is 6.54 Å². The lowest BCUT2D eigenvalue weighted by Gasteiger charge is -2.16. The minimum Gasteiger partial charge on any atom is -0.393 e. The molecule has 2 N–H and O–H groups in total. The van der Waals surface area contributed by atoms with E-state index in [1.165, 1.54) is 0 Å². The van der Waals surface area contributed by atoms with Crippen LogP contribution in [-0.4, -0.2) is 33.9 Å². The zero-order valence-corrected chi connectivity index (χ0v) is 12.1. The van der Waals surface area contributed by atoms with Gasteiger partial charge in [-0.2, -0.15) is 0 Å². The van der Waals surface area contributed by atoms with Crippen LogP contribution in [0.25, 0.3) is 0 Å². The molecule has 0 aliphatic heterocycles. The Labute approximate surface area is 114 Å². The zero-order chi connectivity index (χ0) is 14.8. The lowest BCUT2D eigenvalue weighted by molar-refractivity contribution is -0.482. The molecule has 0 fully saturated rings. The van der Waals surface area contributed by atoms with E-state index in [0.717, 1.165) is 30.4 Å². The van der Waals surface area contributed by atoms with Crippen LogP contribution in [0.4, 0.5) is 0 Å². The van der Waals surface area contributed by atoms with Gasteiger partial charge in [-0.15, -0.1) is 5.73 Å². The Morgan fingerprint density at radius 3 is 2.47 bits per heavy atom. The van der Waals surface area contributed by atoms with Gasteiger partial charge in [0.25, 0.3) is 0 Å². The molecule has 0 amide bonds. The molecule has 19 heavy (non-hydrogen) atoms.